The van der Waals surface area contributed by atoms with Gasteiger partial charge in [-0.1, -0.05) is 18.2 Å². The molecule has 0 radical (unpaired) electrons. The third kappa shape index (κ3) is 3.14. The number of H-pyrrole nitrogens is 1. The molecule has 6 nitrogen and oxygen atoms in total. The first-order valence-corrected chi connectivity index (χ1v) is 7.99. The van der Waals surface area contributed by atoms with Crippen LogP contribution >= 0.6 is 0 Å². The molecule has 0 bridgehead atoms. The van der Waals surface area contributed by atoms with Crippen molar-refractivity contribution in [1.29, 1.82) is 0 Å². The largest absolute Gasteiger partial charge is 0.492 e. The van der Waals surface area contributed by atoms with Crippen LogP contribution in [0.15, 0.2) is 65.8 Å². The van der Waals surface area contributed by atoms with Gasteiger partial charge in [0.2, 0.25) is 0 Å². The van der Waals surface area contributed by atoms with Crippen LogP contribution in [0.1, 0.15) is 0 Å². The normalized spacial score (nSPS) is 10.9. The summed E-state index contributed by atoms with van der Waals surface area (Å²) >= 11 is 0. The van der Waals surface area contributed by atoms with E-state index in [1.807, 2.05) is 30.3 Å². The lowest BCUT2D eigenvalue weighted by molar-refractivity contribution is 0.333. The molecule has 6 heteroatoms. The molecule has 0 fully saturated rings. The number of hydrogen-bond donors (Lipinski definition) is 2. The molecule has 2 N–H and O–H groups in total. The molecule has 2 aromatic carbocycles. The number of aromatic amines is 1. The maximum atomic E-state index is 11.7. The van der Waals surface area contributed by atoms with Gasteiger partial charge in [0.15, 0.2) is 0 Å². The quantitative estimate of drug-likeness (QED) is 0.549. The molecule has 0 aliphatic carbocycles. The van der Waals surface area contributed by atoms with E-state index in [-0.39, 0.29) is 5.56 Å². The molecule has 4 aromatic rings. The molecular formula is C19H16N4O2. The molecule has 0 aliphatic rings. The zero-order chi connectivity index (χ0) is 17.1. The first kappa shape index (κ1) is 15.1. The number of fused-ring (bicyclic) bond motifs is 2. The van der Waals surface area contributed by atoms with Crippen molar-refractivity contribution in [3.05, 3.63) is 71.4 Å². The van der Waals surface area contributed by atoms with Crippen molar-refractivity contribution in [2.24, 2.45) is 0 Å². The number of pyridine rings is 1. The highest BCUT2D eigenvalue weighted by atomic mass is 16.5. The second-order valence-corrected chi connectivity index (χ2v) is 5.56. The van der Waals surface area contributed by atoms with Crippen molar-refractivity contribution in [1.82, 2.24) is 15.0 Å². The molecule has 2 aromatic heterocycles. The van der Waals surface area contributed by atoms with E-state index in [1.54, 1.807) is 24.4 Å². The van der Waals surface area contributed by atoms with E-state index in [0.29, 0.717) is 29.8 Å². The van der Waals surface area contributed by atoms with Gasteiger partial charge in [0, 0.05) is 29.9 Å². The highest BCUT2D eigenvalue weighted by molar-refractivity contribution is 5.90. The summed E-state index contributed by atoms with van der Waals surface area (Å²) in [5.74, 6) is 0.687. The number of nitrogens with zero attached hydrogens (tertiary/aromatic N) is 2. The second-order valence-electron chi connectivity index (χ2n) is 5.56. The molecule has 2 heterocycles. The Labute approximate surface area is 143 Å². The predicted octanol–water partition coefficient (Wildman–Crippen LogP) is 2.96. The van der Waals surface area contributed by atoms with Crippen LogP contribution in [0, 0.1) is 0 Å². The number of ether oxygens (including phenoxy) is 1. The van der Waals surface area contributed by atoms with Crippen molar-refractivity contribution in [3.63, 3.8) is 0 Å². The van der Waals surface area contributed by atoms with Gasteiger partial charge in [-0.15, -0.1) is 0 Å². The van der Waals surface area contributed by atoms with E-state index in [4.69, 9.17) is 4.74 Å². The molecule has 0 unspecified atom stereocenters. The summed E-state index contributed by atoms with van der Waals surface area (Å²) in [4.78, 5) is 22.7. The summed E-state index contributed by atoms with van der Waals surface area (Å²) in [5, 5.41) is 5.00. The molecule has 25 heavy (non-hydrogen) atoms. The summed E-state index contributed by atoms with van der Waals surface area (Å²) in [6, 6.07) is 15.2. The Morgan fingerprint density at radius 2 is 1.92 bits per heavy atom. The van der Waals surface area contributed by atoms with E-state index in [0.717, 1.165) is 16.6 Å². The number of hydrogen-bond acceptors (Lipinski definition) is 5. The van der Waals surface area contributed by atoms with E-state index in [9.17, 15) is 4.79 Å². The Balaban J connectivity index is 1.42. The van der Waals surface area contributed by atoms with Gasteiger partial charge in [-0.25, -0.2) is 4.98 Å². The Morgan fingerprint density at radius 3 is 2.88 bits per heavy atom. The Kier molecular flexibility index (Phi) is 4.00. The van der Waals surface area contributed by atoms with Crippen LogP contribution in [0.5, 0.6) is 5.75 Å². The monoisotopic (exact) mass is 332 g/mol. The minimum Gasteiger partial charge on any atom is -0.492 e. The Morgan fingerprint density at radius 1 is 1.00 bits per heavy atom. The van der Waals surface area contributed by atoms with Crippen molar-refractivity contribution >= 4 is 27.5 Å². The SMILES string of the molecule is O=c1[nH]cnc2cc(OCCNc3ccnc4ccccc34)ccc12. The lowest BCUT2D eigenvalue weighted by Crippen LogP contribution is -2.12. The smallest absolute Gasteiger partial charge is 0.258 e. The summed E-state index contributed by atoms with van der Waals surface area (Å²) in [6.07, 6.45) is 3.18. The van der Waals surface area contributed by atoms with E-state index in [2.05, 4.69) is 20.3 Å². The van der Waals surface area contributed by atoms with Gasteiger partial charge in [-0.3, -0.25) is 9.78 Å². The number of nitrogens with one attached hydrogen (secondary N) is 2. The third-order valence-corrected chi connectivity index (χ3v) is 3.95. The maximum Gasteiger partial charge on any atom is 0.258 e. The average molecular weight is 332 g/mol. The van der Waals surface area contributed by atoms with Gasteiger partial charge in [-0.2, -0.15) is 0 Å². The maximum absolute atomic E-state index is 11.7. The second kappa shape index (κ2) is 6.60. The summed E-state index contributed by atoms with van der Waals surface area (Å²) in [6.45, 7) is 1.14. The van der Waals surface area contributed by atoms with Gasteiger partial charge >= 0.3 is 0 Å². The van der Waals surface area contributed by atoms with Crippen molar-refractivity contribution in [2.75, 3.05) is 18.5 Å². The van der Waals surface area contributed by atoms with Crippen molar-refractivity contribution in [2.45, 2.75) is 0 Å². The van der Waals surface area contributed by atoms with Crippen LogP contribution in [0.2, 0.25) is 0 Å². The molecule has 0 saturated carbocycles. The standard InChI is InChI=1S/C19H16N4O2/c24-19-15-6-5-13(11-18(15)22-12-23-19)25-10-9-21-17-7-8-20-16-4-2-1-3-14(16)17/h1-8,11-12H,9-10H2,(H,20,21)(H,22,23,24). The topological polar surface area (TPSA) is 79.9 Å². The lowest BCUT2D eigenvalue weighted by Gasteiger charge is -2.10. The van der Waals surface area contributed by atoms with E-state index < -0.39 is 0 Å². The van der Waals surface area contributed by atoms with Crippen molar-refractivity contribution in [3.8, 4) is 5.75 Å². The molecule has 0 aliphatic heterocycles. The van der Waals surface area contributed by atoms with Crippen LogP contribution in [-0.2, 0) is 0 Å². The van der Waals surface area contributed by atoms with Crippen LogP contribution < -0.4 is 15.6 Å². The van der Waals surface area contributed by atoms with Gasteiger partial charge in [0.05, 0.1) is 22.7 Å². The van der Waals surface area contributed by atoms with Gasteiger partial charge in [0.25, 0.3) is 5.56 Å². The van der Waals surface area contributed by atoms with Crippen molar-refractivity contribution < 1.29 is 4.74 Å². The molecule has 124 valence electrons. The van der Waals surface area contributed by atoms with Crippen LogP contribution in [0.3, 0.4) is 0 Å². The first-order chi connectivity index (χ1) is 12.3. The average Bonchev–Trinajstić information content (AvgIpc) is 2.65. The van der Waals surface area contributed by atoms with E-state index >= 15 is 0 Å². The Hall–Kier alpha value is -3.41. The van der Waals surface area contributed by atoms with Crippen LogP contribution in [-0.4, -0.2) is 28.1 Å². The van der Waals surface area contributed by atoms with E-state index in [1.165, 1.54) is 6.33 Å². The fourth-order valence-electron chi connectivity index (χ4n) is 2.74. The molecule has 4 rings (SSSR count). The van der Waals surface area contributed by atoms with Gasteiger partial charge in [0.1, 0.15) is 12.4 Å². The minimum absolute atomic E-state index is 0.150. The molecular weight excluding hydrogens is 316 g/mol. The fourth-order valence-corrected chi connectivity index (χ4v) is 2.74. The molecule has 0 atom stereocenters. The molecule has 0 amide bonds. The number of rotatable bonds is 5. The summed E-state index contributed by atoms with van der Waals surface area (Å²) in [5.41, 5.74) is 2.46. The van der Waals surface area contributed by atoms with Gasteiger partial charge < -0.3 is 15.0 Å². The zero-order valence-electron chi connectivity index (χ0n) is 13.4. The highest BCUT2D eigenvalue weighted by Gasteiger charge is 2.03. The number of benzene rings is 2. The highest BCUT2D eigenvalue weighted by Crippen LogP contribution is 2.21. The Bertz CT molecular complexity index is 1090. The lowest BCUT2D eigenvalue weighted by atomic mass is 10.2. The third-order valence-electron chi connectivity index (χ3n) is 3.95. The molecule has 0 saturated heterocycles. The first-order valence-electron chi connectivity index (χ1n) is 7.99. The number of aromatic nitrogens is 3. The van der Waals surface area contributed by atoms with Crippen LogP contribution in [0.4, 0.5) is 5.69 Å². The summed E-state index contributed by atoms with van der Waals surface area (Å²) in [7, 11) is 0. The summed E-state index contributed by atoms with van der Waals surface area (Å²) < 4.78 is 5.76. The minimum atomic E-state index is -0.150. The van der Waals surface area contributed by atoms with Gasteiger partial charge in [-0.05, 0) is 24.3 Å². The fraction of sp³-hybridized carbons (Fsp3) is 0.105. The predicted molar refractivity (Wildman–Crippen MR) is 98.1 cm³/mol. The zero-order valence-corrected chi connectivity index (χ0v) is 13.4. The van der Waals surface area contributed by atoms with Crippen LogP contribution in [0.25, 0.3) is 21.8 Å². The number of anilines is 1. The number of para-hydroxylation sites is 1. The molecule has 0 spiro atoms.